The maximum atomic E-state index is 12.7. The van der Waals surface area contributed by atoms with E-state index in [2.05, 4.69) is 69.4 Å². The van der Waals surface area contributed by atoms with E-state index in [1.807, 2.05) is 12.2 Å². The molecule has 0 aromatic heterocycles. The molecule has 6 heteroatoms. The molecule has 0 radical (unpaired) electrons. The van der Waals surface area contributed by atoms with Crippen LogP contribution < -0.4 is 0 Å². The Labute approximate surface area is 326 Å². The number of allylic oxidation sites excluding steroid dienone is 10. The molecule has 0 aliphatic heterocycles. The van der Waals surface area contributed by atoms with E-state index in [9.17, 15) is 14.4 Å². The normalized spacial score (nSPS) is 12.6. The van der Waals surface area contributed by atoms with Crippen LogP contribution in [0.4, 0.5) is 0 Å². The third-order valence-electron chi connectivity index (χ3n) is 9.02. The van der Waals surface area contributed by atoms with E-state index in [0.717, 1.165) is 77.0 Å². The highest BCUT2D eigenvalue weighted by molar-refractivity contribution is 5.71. The van der Waals surface area contributed by atoms with Crippen molar-refractivity contribution in [1.29, 1.82) is 0 Å². The summed E-state index contributed by atoms with van der Waals surface area (Å²) in [5.74, 6) is -1.00. The molecule has 0 rings (SSSR count). The van der Waals surface area contributed by atoms with Gasteiger partial charge in [0, 0.05) is 19.3 Å². The van der Waals surface area contributed by atoms with Gasteiger partial charge in [-0.15, -0.1) is 0 Å². The minimum atomic E-state index is -0.801. The van der Waals surface area contributed by atoms with Gasteiger partial charge in [0.15, 0.2) is 6.10 Å². The summed E-state index contributed by atoms with van der Waals surface area (Å²) in [5.41, 5.74) is 0. The Balaban J connectivity index is 4.49. The van der Waals surface area contributed by atoms with Crippen LogP contribution in [0.2, 0.25) is 0 Å². The van der Waals surface area contributed by atoms with E-state index < -0.39 is 6.10 Å². The topological polar surface area (TPSA) is 78.9 Å². The number of unbranched alkanes of at least 4 members (excludes halogenated alkanes) is 17. The first-order valence-electron chi connectivity index (χ1n) is 21.8. The highest BCUT2D eigenvalue weighted by atomic mass is 16.6. The monoisotopic (exact) mass is 741 g/mol. The molecular formula is C47H80O6. The molecule has 304 valence electrons. The average molecular weight is 741 g/mol. The first kappa shape index (κ1) is 50.1. The summed E-state index contributed by atoms with van der Waals surface area (Å²) in [6.07, 6.45) is 49.3. The average Bonchev–Trinajstić information content (AvgIpc) is 3.15. The van der Waals surface area contributed by atoms with Crippen LogP contribution in [0, 0.1) is 0 Å². The van der Waals surface area contributed by atoms with E-state index in [1.165, 1.54) is 77.0 Å². The third kappa shape index (κ3) is 40.1. The summed E-state index contributed by atoms with van der Waals surface area (Å²) < 4.78 is 16.6. The van der Waals surface area contributed by atoms with Crippen molar-refractivity contribution in [1.82, 2.24) is 0 Å². The lowest BCUT2D eigenvalue weighted by molar-refractivity contribution is -0.166. The lowest BCUT2D eigenvalue weighted by Crippen LogP contribution is -2.30. The minimum absolute atomic E-state index is 0.0988. The summed E-state index contributed by atoms with van der Waals surface area (Å²) in [6, 6.07) is 0. The van der Waals surface area contributed by atoms with Gasteiger partial charge in [0.1, 0.15) is 13.2 Å². The Kier molecular flexibility index (Phi) is 39.6. The van der Waals surface area contributed by atoms with E-state index in [1.54, 1.807) is 0 Å². The number of carbonyl (C=O) groups excluding carboxylic acids is 3. The smallest absolute Gasteiger partial charge is 0.306 e. The van der Waals surface area contributed by atoms with Crippen LogP contribution in [0.15, 0.2) is 60.8 Å². The van der Waals surface area contributed by atoms with Crippen molar-refractivity contribution in [2.45, 2.75) is 207 Å². The van der Waals surface area contributed by atoms with Gasteiger partial charge in [-0.25, -0.2) is 0 Å². The van der Waals surface area contributed by atoms with Crippen LogP contribution in [0.1, 0.15) is 201 Å². The van der Waals surface area contributed by atoms with Gasteiger partial charge in [-0.1, -0.05) is 171 Å². The number of carbonyl (C=O) groups is 3. The van der Waals surface area contributed by atoms with Crippen LogP contribution in [-0.4, -0.2) is 37.2 Å². The molecular weight excluding hydrogens is 661 g/mol. The van der Waals surface area contributed by atoms with Crippen molar-refractivity contribution in [2.75, 3.05) is 13.2 Å². The summed E-state index contributed by atoms with van der Waals surface area (Å²) in [6.45, 7) is 6.39. The van der Waals surface area contributed by atoms with Crippen LogP contribution in [0.5, 0.6) is 0 Å². The minimum Gasteiger partial charge on any atom is -0.462 e. The van der Waals surface area contributed by atoms with Gasteiger partial charge in [-0.2, -0.15) is 0 Å². The molecule has 1 atom stereocenters. The fourth-order valence-corrected chi connectivity index (χ4v) is 5.74. The van der Waals surface area contributed by atoms with E-state index in [-0.39, 0.29) is 37.5 Å². The van der Waals surface area contributed by atoms with Crippen molar-refractivity contribution in [2.24, 2.45) is 0 Å². The van der Waals surface area contributed by atoms with Gasteiger partial charge in [0.2, 0.25) is 0 Å². The van der Waals surface area contributed by atoms with Crippen molar-refractivity contribution in [3.05, 3.63) is 60.8 Å². The number of hydrogen-bond donors (Lipinski definition) is 0. The highest BCUT2D eigenvalue weighted by Gasteiger charge is 2.19. The van der Waals surface area contributed by atoms with Crippen LogP contribution in [0.3, 0.4) is 0 Å². The second-order valence-electron chi connectivity index (χ2n) is 14.2. The van der Waals surface area contributed by atoms with E-state index >= 15 is 0 Å². The second-order valence-corrected chi connectivity index (χ2v) is 14.2. The second kappa shape index (κ2) is 41.9. The van der Waals surface area contributed by atoms with Gasteiger partial charge in [-0.05, 0) is 70.6 Å². The predicted octanol–water partition coefficient (Wildman–Crippen LogP) is 13.7. The van der Waals surface area contributed by atoms with Gasteiger partial charge in [-0.3, -0.25) is 14.4 Å². The Hall–Kier alpha value is -2.89. The summed E-state index contributed by atoms with van der Waals surface area (Å²) in [4.78, 5) is 37.6. The molecule has 0 spiro atoms. The first-order chi connectivity index (χ1) is 26.0. The number of esters is 3. The predicted molar refractivity (Wildman–Crippen MR) is 224 cm³/mol. The standard InChI is InChI=1S/C47H80O6/c1-4-7-10-13-16-19-22-24-26-28-31-34-37-40-46(49)52-43-44(42-51-45(48)39-36-33-30-27-21-18-15-12-9-6-3)53-47(50)41-38-35-32-29-25-23-20-17-14-11-8-5-2/h7,10,16-17,19-20,24,26,31,34,44H,4-6,8-9,11-15,18,21-23,25,27-30,32-33,35-43H2,1-3H3/b10-7-,19-16-,20-17-,26-24-,34-31-. The van der Waals surface area contributed by atoms with Crippen molar-refractivity contribution < 1.29 is 28.6 Å². The summed E-state index contributed by atoms with van der Waals surface area (Å²) >= 11 is 0. The number of ether oxygens (including phenoxy) is 3. The van der Waals surface area contributed by atoms with Crippen LogP contribution >= 0.6 is 0 Å². The zero-order valence-corrected chi connectivity index (χ0v) is 34.5. The van der Waals surface area contributed by atoms with Gasteiger partial charge >= 0.3 is 17.9 Å². The zero-order chi connectivity index (χ0) is 38.7. The molecule has 1 unspecified atom stereocenters. The Bertz CT molecular complexity index is 991. The molecule has 0 N–H and O–H groups in total. The largest absolute Gasteiger partial charge is 0.462 e. The van der Waals surface area contributed by atoms with Gasteiger partial charge in [0.25, 0.3) is 0 Å². The van der Waals surface area contributed by atoms with Crippen LogP contribution in [0.25, 0.3) is 0 Å². The molecule has 0 saturated carbocycles. The lowest BCUT2D eigenvalue weighted by Gasteiger charge is -2.18. The van der Waals surface area contributed by atoms with E-state index in [0.29, 0.717) is 19.3 Å². The fraction of sp³-hybridized carbons (Fsp3) is 0.723. The Morgan fingerprint density at radius 3 is 1.30 bits per heavy atom. The number of rotatable bonds is 38. The molecule has 6 nitrogen and oxygen atoms in total. The maximum absolute atomic E-state index is 12.7. The van der Waals surface area contributed by atoms with E-state index in [4.69, 9.17) is 14.2 Å². The van der Waals surface area contributed by atoms with Gasteiger partial charge < -0.3 is 14.2 Å². The Morgan fingerprint density at radius 2 is 0.774 bits per heavy atom. The molecule has 0 aromatic carbocycles. The first-order valence-corrected chi connectivity index (χ1v) is 21.8. The molecule has 0 heterocycles. The summed E-state index contributed by atoms with van der Waals surface area (Å²) in [5, 5.41) is 0. The SMILES string of the molecule is CC/C=C\C/C=C\C/C=C\C/C=C\CCC(=O)OCC(COC(=O)CCCCCCCCCCCC)OC(=O)CCCCCCC/C=C\CCCCC. The van der Waals surface area contributed by atoms with Crippen molar-refractivity contribution >= 4 is 17.9 Å². The molecule has 0 aliphatic rings. The van der Waals surface area contributed by atoms with Crippen molar-refractivity contribution in [3.8, 4) is 0 Å². The quantitative estimate of drug-likeness (QED) is 0.0271. The third-order valence-corrected chi connectivity index (χ3v) is 9.02. The molecule has 0 aromatic rings. The van der Waals surface area contributed by atoms with Crippen LogP contribution in [-0.2, 0) is 28.6 Å². The molecule has 0 aliphatic carbocycles. The maximum Gasteiger partial charge on any atom is 0.306 e. The van der Waals surface area contributed by atoms with Crippen molar-refractivity contribution in [3.63, 3.8) is 0 Å². The molecule has 53 heavy (non-hydrogen) atoms. The number of hydrogen-bond acceptors (Lipinski definition) is 6. The summed E-state index contributed by atoms with van der Waals surface area (Å²) in [7, 11) is 0. The molecule has 0 saturated heterocycles. The van der Waals surface area contributed by atoms with Gasteiger partial charge in [0.05, 0.1) is 0 Å². The molecule has 0 bridgehead atoms. The Morgan fingerprint density at radius 1 is 0.396 bits per heavy atom. The molecule has 0 amide bonds. The zero-order valence-electron chi connectivity index (χ0n) is 34.5. The molecule has 0 fully saturated rings. The highest BCUT2D eigenvalue weighted by Crippen LogP contribution is 2.13. The lowest BCUT2D eigenvalue weighted by atomic mass is 10.1. The fourth-order valence-electron chi connectivity index (χ4n) is 5.74.